The largest absolute Gasteiger partial charge is 0.454 e. The van der Waals surface area contributed by atoms with Crippen LogP contribution in [0.1, 0.15) is 18.0 Å². The highest BCUT2D eigenvalue weighted by molar-refractivity contribution is 6.31. The van der Waals surface area contributed by atoms with Gasteiger partial charge in [0.25, 0.3) is 0 Å². The minimum atomic E-state index is 0.299. The third-order valence-corrected chi connectivity index (χ3v) is 3.02. The Bertz CT molecular complexity index is 377. The maximum atomic E-state index is 6.14. The Morgan fingerprint density at radius 3 is 2.64 bits per heavy atom. The fourth-order valence-electron chi connectivity index (χ4n) is 1.75. The van der Waals surface area contributed by atoms with Crippen LogP contribution in [0.4, 0.5) is 0 Å². The third kappa shape index (κ3) is 1.16. The third-order valence-electron chi connectivity index (χ3n) is 2.69. The van der Waals surface area contributed by atoms with Crippen LogP contribution in [0.25, 0.3) is 0 Å². The Hall–Kier alpha value is -0.930. The van der Waals surface area contributed by atoms with Crippen LogP contribution < -0.4 is 14.8 Å². The predicted molar refractivity (Wildman–Crippen MR) is 52.9 cm³/mol. The van der Waals surface area contributed by atoms with Crippen LogP contribution in [0.5, 0.6) is 11.5 Å². The van der Waals surface area contributed by atoms with E-state index in [4.69, 9.17) is 21.1 Å². The highest BCUT2D eigenvalue weighted by Gasteiger charge is 2.24. The summed E-state index contributed by atoms with van der Waals surface area (Å²) in [6.45, 7) is 1.36. The fourth-order valence-corrected chi connectivity index (χ4v) is 2.04. The van der Waals surface area contributed by atoms with Crippen molar-refractivity contribution in [2.45, 2.75) is 12.5 Å². The number of fused-ring (bicyclic) bond motifs is 1. The molecule has 1 aromatic carbocycles. The second-order valence-electron chi connectivity index (χ2n) is 3.52. The van der Waals surface area contributed by atoms with E-state index in [1.807, 2.05) is 12.1 Å². The van der Waals surface area contributed by atoms with Crippen molar-refractivity contribution in [2.24, 2.45) is 0 Å². The van der Waals surface area contributed by atoms with Crippen molar-refractivity contribution in [1.82, 2.24) is 5.32 Å². The quantitative estimate of drug-likeness (QED) is 0.772. The van der Waals surface area contributed by atoms with Crippen molar-refractivity contribution in [3.8, 4) is 11.5 Å². The van der Waals surface area contributed by atoms with Gasteiger partial charge in [0, 0.05) is 17.1 Å². The van der Waals surface area contributed by atoms with Crippen molar-refractivity contribution in [1.29, 1.82) is 0 Å². The second-order valence-corrected chi connectivity index (χ2v) is 3.93. The summed E-state index contributed by atoms with van der Waals surface area (Å²) in [4.78, 5) is 0. The number of nitrogens with one attached hydrogen (secondary N) is 1. The first-order chi connectivity index (χ1) is 6.84. The summed E-state index contributed by atoms with van der Waals surface area (Å²) in [5.74, 6) is 1.55. The lowest BCUT2D eigenvalue weighted by atomic mass is 9.97. The van der Waals surface area contributed by atoms with Crippen LogP contribution in [0.15, 0.2) is 12.1 Å². The Morgan fingerprint density at radius 1 is 1.29 bits per heavy atom. The van der Waals surface area contributed by atoms with Gasteiger partial charge in [0.05, 0.1) is 0 Å². The molecule has 1 N–H and O–H groups in total. The lowest BCUT2D eigenvalue weighted by Gasteiger charge is -2.28. The highest BCUT2D eigenvalue weighted by Crippen LogP contribution is 2.40. The Kier molecular flexibility index (Phi) is 1.82. The molecule has 1 saturated heterocycles. The molecule has 0 aliphatic carbocycles. The van der Waals surface area contributed by atoms with E-state index in [1.54, 1.807) is 0 Å². The summed E-state index contributed by atoms with van der Waals surface area (Å²) in [7, 11) is 0. The average Bonchev–Trinajstić information content (AvgIpc) is 2.48. The zero-order valence-corrected chi connectivity index (χ0v) is 8.30. The molecule has 14 heavy (non-hydrogen) atoms. The van der Waals surface area contributed by atoms with Gasteiger partial charge in [-0.2, -0.15) is 0 Å². The molecular weight excluding hydrogens is 202 g/mol. The molecule has 1 fully saturated rings. The van der Waals surface area contributed by atoms with Gasteiger partial charge >= 0.3 is 0 Å². The van der Waals surface area contributed by atoms with Crippen LogP contribution in [-0.4, -0.2) is 13.3 Å². The number of benzene rings is 1. The normalized spacial score (nSPS) is 23.4. The van der Waals surface area contributed by atoms with Gasteiger partial charge in [0.2, 0.25) is 6.79 Å². The number of halogens is 1. The van der Waals surface area contributed by atoms with Crippen LogP contribution in [0, 0.1) is 0 Å². The van der Waals surface area contributed by atoms with Crippen molar-refractivity contribution >= 4 is 11.6 Å². The monoisotopic (exact) mass is 211 g/mol. The molecule has 3 nitrogen and oxygen atoms in total. The minimum Gasteiger partial charge on any atom is -0.454 e. The molecule has 74 valence electrons. The summed E-state index contributed by atoms with van der Waals surface area (Å²) < 4.78 is 10.5. The fraction of sp³-hybridized carbons (Fsp3) is 0.400. The highest BCUT2D eigenvalue weighted by atomic mass is 35.5. The number of hydrogen-bond donors (Lipinski definition) is 1. The van der Waals surface area contributed by atoms with Gasteiger partial charge in [0.1, 0.15) is 0 Å². The predicted octanol–water partition coefficient (Wildman–Crippen LogP) is 2.10. The average molecular weight is 212 g/mol. The van der Waals surface area contributed by atoms with E-state index >= 15 is 0 Å². The Morgan fingerprint density at radius 2 is 2.00 bits per heavy atom. The van der Waals surface area contributed by atoms with Gasteiger partial charge in [-0.15, -0.1) is 0 Å². The summed E-state index contributed by atoms with van der Waals surface area (Å²) >= 11 is 6.14. The first-order valence-corrected chi connectivity index (χ1v) is 5.05. The van der Waals surface area contributed by atoms with Crippen molar-refractivity contribution in [3.63, 3.8) is 0 Å². The number of ether oxygens (including phenoxy) is 2. The van der Waals surface area contributed by atoms with E-state index in [2.05, 4.69) is 5.32 Å². The molecule has 0 aromatic heterocycles. The van der Waals surface area contributed by atoms with Gasteiger partial charge in [-0.05, 0) is 24.6 Å². The first-order valence-electron chi connectivity index (χ1n) is 4.67. The van der Waals surface area contributed by atoms with Crippen LogP contribution >= 0.6 is 11.6 Å². The topological polar surface area (TPSA) is 30.5 Å². The molecule has 1 atom stereocenters. The number of rotatable bonds is 1. The SMILES string of the molecule is Clc1cc2c(cc1[C@@H]1CCN1)OCO2. The smallest absolute Gasteiger partial charge is 0.231 e. The molecule has 0 radical (unpaired) electrons. The van der Waals surface area contributed by atoms with E-state index in [0.717, 1.165) is 35.1 Å². The van der Waals surface area contributed by atoms with E-state index in [-0.39, 0.29) is 0 Å². The Labute approximate surface area is 87.0 Å². The standard InChI is InChI=1S/C10H10ClNO2/c11-7-4-10-9(13-5-14-10)3-6(7)8-1-2-12-8/h3-4,8,12H,1-2,5H2/t8-/m0/s1. The van der Waals surface area contributed by atoms with Gasteiger partial charge in [-0.3, -0.25) is 0 Å². The lowest BCUT2D eigenvalue weighted by molar-refractivity contribution is 0.174. The molecule has 0 unspecified atom stereocenters. The molecule has 0 saturated carbocycles. The van der Waals surface area contributed by atoms with Crippen LogP contribution in [-0.2, 0) is 0 Å². The van der Waals surface area contributed by atoms with Gasteiger partial charge in [-0.25, -0.2) is 0 Å². The maximum Gasteiger partial charge on any atom is 0.231 e. The zero-order chi connectivity index (χ0) is 9.54. The van der Waals surface area contributed by atoms with Gasteiger partial charge < -0.3 is 14.8 Å². The second kappa shape index (κ2) is 3.04. The van der Waals surface area contributed by atoms with E-state index in [9.17, 15) is 0 Å². The molecule has 4 heteroatoms. The lowest BCUT2D eigenvalue weighted by Crippen LogP contribution is -2.35. The molecule has 1 aromatic rings. The van der Waals surface area contributed by atoms with E-state index < -0.39 is 0 Å². The van der Waals surface area contributed by atoms with Crippen molar-refractivity contribution in [2.75, 3.05) is 13.3 Å². The Balaban J connectivity index is 2.03. The van der Waals surface area contributed by atoms with Gasteiger partial charge in [-0.1, -0.05) is 11.6 Å². The molecule has 2 heterocycles. The molecule has 0 bridgehead atoms. The minimum absolute atomic E-state index is 0.299. The molecule has 2 aliphatic rings. The van der Waals surface area contributed by atoms with Gasteiger partial charge in [0.15, 0.2) is 11.5 Å². The summed E-state index contributed by atoms with van der Waals surface area (Å²) in [5, 5.41) is 4.07. The molecule has 2 aliphatic heterocycles. The summed E-state index contributed by atoms with van der Waals surface area (Å²) in [6.07, 6.45) is 1.14. The molecular formula is C10H10ClNO2. The zero-order valence-electron chi connectivity index (χ0n) is 7.55. The number of hydrogen-bond acceptors (Lipinski definition) is 3. The molecule has 0 amide bonds. The maximum absolute atomic E-state index is 6.14. The molecule has 0 spiro atoms. The van der Waals surface area contributed by atoms with Crippen molar-refractivity contribution < 1.29 is 9.47 Å². The van der Waals surface area contributed by atoms with E-state index in [1.165, 1.54) is 0 Å². The summed E-state index contributed by atoms with van der Waals surface area (Å²) in [6, 6.07) is 4.19. The summed E-state index contributed by atoms with van der Waals surface area (Å²) in [5.41, 5.74) is 1.11. The molecule has 3 rings (SSSR count). The van der Waals surface area contributed by atoms with Crippen LogP contribution in [0.3, 0.4) is 0 Å². The van der Waals surface area contributed by atoms with Crippen LogP contribution in [0.2, 0.25) is 5.02 Å². The van der Waals surface area contributed by atoms with Crippen molar-refractivity contribution in [3.05, 3.63) is 22.7 Å². The van der Waals surface area contributed by atoms with E-state index in [0.29, 0.717) is 12.8 Å². The first kappa shape index (κ1) is 8.38.